The van der Waals surface area contributed by atoms with Gasteiger partial charge in [-0.15, -0.1) is 0 Å². The number of ether oxygens (including phenoxy) is 1. The molecule has 0 fully saturated rings. The fourth-order valence-electron chi connectivity index (χ4n) is 4.71. The predicted molar refractivity (Wildman–Crippen MR) is 142 cm³/mol. The van der Waals surface area contributed by atoms with E-state index in [4.69, 9.17) is 4.74 Å². The molecule has 0 aliphatic carbocycles. The van der Waals surface area contributed by atoms with E-state index in [2.05, 4.69) is 27.7 Å². The zero-order valence-corrected chi connectivity index (χ0v) is 22.5. The summed E-state index contributed by atoms with van der Waals surface area (Å²) < 4.78 is 6.77. The predicted octanol–water partition coefficient (Wildman–Crippen LogP) is 11.2. The van der Waals surface area contributed by atoms with Crippen molar-refractivity contribution in [2.24, 2.45) is 0 Å². The Morgan fingerprint density at radius 2 is 0.581 bits per heavy atom. The van der Waals surface area contributed by atoms with Crippen molar-refractivity contribution in [3.63, 3.8) is 0 Å². The molecule has 0 aromatic carbocycles. The van der Waals surface area contributed by atoms with Crippen LogP contribution in [0.1, 0.15) is 182 Å². The molecule has 1 heteroatoms. The Balaban J connectivity index is 4.13. The maximum Gasteiger partial charge on any atom is 0.0578 e. The molecule has 0 bridgehead atoms. The molecular weight excluding hydrogens is 376 g/mol. The number of hydrogen-bond acceptors (Lipinski definition) is 1. The van der Waals surface area contributed by atoms with Crippen LogP contribution >= 0.6 is 0 Å². The van der Waals surface area contributed by atoms with Gasteiger partial charge >= 0.3 is 0 Å². The van der Waals surface area contributed by atoms with E-state index in [9.17, 15) is 0 Å². The first-order chi connectivity index (χ1) is 15.3. The van der Waals surface area contributed by atoms with Gasteiger partial charge in [0.05, 0.1) is 12.2 Å². The smallest absolute Gasteiger partial charge is 0.0578 e. The van der Waals surface area contributed by atoms with E-state index in [-0.39, 0.29) is 0 Å². The summed E-state index contributed by atoms with van der Waals surface area (Å²) in [6.45, 7) is 9.25. The van der Waals surface area contributed by atoms with E-state index in [0.717, 1.165) is 0 Å². The second-order valence-electron chi connectivity index (χ2n) is 10.2. The molecule has 0 aromatic heterocycles. The van der Waals surface area contributed by atoms with Gasteiger partial charge in [-0.25, -0.2) is 0 Å². The number of unbranched alkanes of at least 4 members (excludes halogenated alkanes) is 16. The minimum atomic E-state index is 0.524. The maximum atomic E-state index is 6.77. The minimum absolute atomic E-state index is 0.524. The quantitative estimate of drug-likeness (QED) is 0.122. The first-order valence-electron chi connectivity index (χ1n) is 14.9. The van der Waals surface area contributed by atoms with Crippen molar-refractivity contribution in [3.8, 4) is 0 Å². The highest BCUT2D eigenvalue weighted by molar-refractivity contribution is 4.66. The van der Waals surface area contributed by atoms with Gasteiger partial charge in [-0.05, 0) is 25.7 Å². The van der Waals surface area contributed by atoms with E-state index in [1.165, 1.54) is 154 Å². The van der Waals surface area contributed by atoms with Crippen LogP contribution in [-0.2, 0) is 4.74 Å². The number of hydrogen-bond donors (Lipinski definition) is 0. The van der Waals surface area contributed by atoms with Gasteiger partial charge < -0.3 is 4.74 Å². The van der Waals surface area contributed by atoms with Crippen LogP contribution in [0, 0.1) is 0 Å². The Labute approximate surface area is 198 Å². The van der Waals surface area contributed by atoms with Gasteiger partial charge in [0.25, 0.3) is 0 Å². The third-order valence-corrected chi connectivity index (χ3v) is 6.90. The van der Waals surface area contributed by atoms with Gasteiger partial charge in [0.2, 0.25) is 0 Å². The van der Waals surface area contributed by atoms with Crippen molar-refractivity contribution in [1.82, 2.24) is 0 Å². The summed E-state index contributed by atoms with van der Waals surface area (Å²) in [6, 6.07) is 0. The fraction of sp³-hybridized carbons (Fsp3) is 1.00. The van der Waals surface area contributed by atoms with Crippen molar-refractivity contribution in [2.75, 3.05) is 0 Å². The molecule has 0 saturated heterocycles. The molecule has 188 valence electrons. The molecule has 2 unspecified atom stereocenters. The van der Waals surface area contributed by atoms with Crippen LogP contribution in [0.25, 0.3) is 0 Å². The molecule has 0 spiro atoms. The van der Waals surface area contributed by atoms with E-state index in [1.54, 1.807) is 0 Å². The molecule has 0 aliphatic rings. The second-order valence-corrected chi connectivity index (χ2v) is 10.2. The fourth-order valence-corrected chi connectivity index (χ4v) is 4.71. The molecule has 1 nitrogen and oxygen atoms in total. The average molecular weight is 439 g/mol. The molecule has 0 amide bonds. The normalized spacial score (nSPS) is 13.5. The van der Waals surface area contributed by atoms with Crippen molar-refractivity contribution < 1.29 is 4.74 Å². The van der Waals surface area contributed by atoms with Crippen LogP contribution in [0.3, 0.4) is 0 Å². The first-order valence-corrected chi connectivity index (χ1v) is 14.9. The summed E-state index contributed by atoms with van der Waals surface area (Å²) in [5, 5.41) is 0. The monoisotopic (exact) mass is 438 g/mol. The zero-order valence-electron chi connectivity index (χ0n) is 22.5. The van der Waals surface area contributed by atoms with Crippen LogP contribution in [0.2, 0.25) is 0 Å². The molecule has 2 atom stereocenters. The summed E-state index contributed by atoms with van der Waals surface area (Å²) in [5.74, 6) is 0. The topological polar surface area (TPSA) is 9.23 Å². The second kappa shape index (κ2) is 26.2. The largest absolute Gasteiger partial charge is 0.375 e. The van der Waals surface area contributed by atoms with Gasteiger partial charge in [0.1, 0.15) is 0 Å². The highest BCUT2D eigenvalue weighted by Crippen LogP contribution is 2.22. The van der Waals surface area contributed by atoms with Gasteiger partial charge in [-0.1, -0.05) is 156 Å². The maximum absolute atomic E-state index is 6.77. The summed E-state index contributed by atoms with van der Waals surface area (Å²) in [5.41, 5.74) is 0. The zero-order chi connectivity index (χ0) is 22.8. The lowest BCUT2D eigenvalue weighted by Gasteiger charge is -2.25. The lowest BCUT2D eigenvalue weighted by molar-refractivity contribution is -0.0321. The Bertz CT molecular complexity index is 284. The molecule has 0 radical (unpaired) electrons. The van der Waals surface area contributed by atoms with E-state index in [1.807, 2.05) is 0 Å². The Morgan fingerprint density at radius 1 is 0.323 bits per heavy atom. The SMILES string of the molecule is CCCCCCCCCCC(CCCC)OC(CCCC)CCCCCCCCCC. The summed E-state index contributed by atoms with van der Waals surface area (Å²) in [7, 11) is 0. The Kier molecular flexibility index (Phi) is 26.2. The Morgan fingerprint density at radius 3 is 0.903 bits per heavy atom. The lowest BCUT2D eigenvalue weighted by atomic mass is 10.0. The highest BCUT2D eigenvalue weighted by atomic mass is 16.5. The van der Waals surface area contributed by atoms with Crippen LogP contribution < -0.4 is 0 Å². The van der Waals surface area contributed by atoms with Gasteiger partial charge in [-0.2, -0.15) is 0 Å². The highest BCUT2D eigenvalue weighted by Gasteiger charge is 2.16. The van der Waals surface area contributed by atoms with Crippen molar-refractivity contribution in [2.45, 2.75) is 194 Å². The average Bonchev–Trinajstić information content (AvgIpc) is 2.78. The molecule has 0 saturated carbocycles. The summed E-state index contributed by atoms with van der Waals surface area (Å²) >= 11 is 0. The third-order valence-electron chi connectivity index (χ3n) is 6.90. The van der Waals surface area contributed by atoms with Crippen molar-refractivity contribution in [1.29, 1.82) is 0 Å². The van der Waals surface area contributed by atoms with Gasteiger partial charge in [0.15, 0.2) is 0 Å². The van der Waals surface area contributed by atoms with Crippen LogP contribution in [0.15, 0.2) is 0 Å². The van der Waals surface area contributed by atoms with Gasteiger partial charge in [0, 0.05) is 0 Å². The number of rotatable bonds is 26. The van der Waals surface area contributed by atoms with Gasteiger partial charge in [-0.3, -0.25) is 0 Å². The van der Waals surface area contributed by atoms with E-state index >= 15 is 0 Å². The standard InChI is InChI=1S/C30H62O/c1-5-9-13-15-17-19-21-23-27-29(25-11-7-3)31-30(26-12-8-4)28-24-22-20-18-16-14-10-6-2/h29-30H,5-28H2,1-4H3. The molecule has 31 heavy (non-hydrogen) atoms. The molecule has 0 heterocycles. The van der Waals surface area contributed by atoms with Crippen LogP contribution in [0.5, 0.6) is 0 Å². The molecule has 0 N–H and O–H groups in total. The molecule has 0 aromatic rings. The van der Waals surface area contributed by atoms with Crippen LogP contribution in [0.4, 0.5) is 0 Å². The first kappa shape index (κ1) is 31.0. The molecule has 0 rings (SSSR count). The van der Waals surface area contributed by atoms with E-state index < -0.39 is 0 Å². The Hall–Kier alpha value is -0.0400. The third kappa shape index (κ3) is 22.9. The van der Waals surface area contributed by atoms with E-state index in [0.29, 0.717) is 12.2 Å². The molecule has 0 aliphatic heterocycles. The van der Waals surface area contributed by atoms with Crippen molar-refractivity contribution >= 4 is 0 Å². The molecular formula is C30H62O. The summed E-state index contributed by atoms with van der Waals surface area (Å²) in [6.07, 6.45) is 34.1. The minimum Gasteiger partial charge on any atom is -0.375 e. The lowest BCUT2D eigenvalue weighted by Crippen LogP contribution is -2.23. The van der Waals surface area contributed by atoms with Crippen LogP contribution in [-0.4, -0.2) is 12.2 Å². The van der Waals surface area contributed by atoms with Crippen molar-refractivity contribution in [3.05, 3.63) is 0 Å². The summed E-state index contributed by atoms with van der Waals surface area (Å²) in [4.78, 5) is 0.